The molecule has 1 heterocycles. The fourth-order valence-corrected chi connectivity index (χ4v) is 4.40. The number of nitrogens with one attached hydrogen (secondary N) is 2. The lowest BCUT2D eigenvalue weighted by atomic mass is 9.97. The summed E-state index contributed by atoms with van der Waals surface area (Å²) in [6.07, 6.45) is 2.44. The van der Waals surface area contributed by atoms with Gasteiger partial charge in [-0.1, -0.05) is 43.6 Å². The molecule has 6 nitrogen and oxygen atoms in total. The Balaban J connectivity index is 0.00000480. The molecule has 178 valence electrons. The monoisotopic (exact) mass is 565 g/mol. The Morgan fingerprint density at radius 1 is 1.23 bits per heavy atom. The van der Waals surface area contributed by atoms with Gasteiger partial charge in [0.25, 0.3) is 0 Å². The number of hydrogen-bond donors (Lipinski definition) is 2. The van der Waals surface area contributed by atoms with Gasteiger partial charge in [-0.2, -0.15) is 0 Å². The van der Waals surface area contributed by atoms with E-state index < -0.39 is 0 Å². The van der Waals surface area contributed by atoms with Crippen LogP contribution in [0.3, 0.4) is 0 Å². The largest absolute Gasteiger partial charge is 0.383 e. The zero-order valence-electron chi connectivity index (χ0n) is 19.6. The van der Waals surface area contributed by atoms with E-state index in [1.54, 1.807) is 7.11 Å². The minimum Gasteiger partial charge on any atom is -0.383 e. The molecule has 1 aliphatic rings. The first-order valence-electron chi connectivity index (χ1n) is 11.3. The lowest BCUT2D eigenvalue weighted by Crippen LogP contribution is -2.46. The molecule has 1 aromatic carbocycles. The summed E-state index contributed by atoms with van der Waals surface area (Å²) in [5.41, 5.74) is 1.16. The van der Waals surface area contributed by atoms with Crippen LogP contribution in [0.2, 0.25) is 5.02 Å². The molecule has 0 saturated carbocycles. The van der Waals surface area contributed by atoms with Crippen LogP contribution < -0.4 is 10.6 Å². The number of aliphatic imine (C=N–C) groups is 1. The molecule has 1 aromatic rings. The Bertz CT molecular complexity index is 636. The number of benzene rings is 1. The maximum absolute atomic E-state index is 6.52. The average Bonchev–Trinajstić information content (AvgIpc) is 2.78. The van der Waals surface area contributed by atoms with Crippen molar-refractivity contribution >= 4 is 41.5 Å². The number of piperidine rings is 1. The lowest BCUT2D eigenvalue weighted by molar-refractivity contribution is 0.121. The zero-order valence-corrected chi connectivity index (χ0v) is 22.7. The zero-order chi connectivity index (χ0) is 21.8. The molecule has 0 aliphatic carbocycles. The SMILES string of the molecule is CCN(CC)C(CNC(=NC)NCC1CCN(CCOC)CC1)c1ccccc1Cl.I. The van der Waals surface area contributed by atoms with Gasteiger partial charge >= 0.3 is 0 Å². The predicted octanol–water partition coefficient (Wildman–Crippen LogP) is 3.86. The van der Waals surface area contributed by atoms with Crippen LogP contribution in [0.4, 0.5) is 0 Å². The van der Waals surface area contributed by atoms with Gasteiger partial charge in [0, 0.05) is 38.8 Å². The molecule has 31 heavy (non-hydrogen) atoms. The van der Waals surface area contributed by atoms with Crippen LogP contribution >= 0.6 is 35.6 Å². The maximum Gasteiger partial charge on any atom is 0.191 e. The van der Waals surface area contributed by atoms with Crippen LogP contribution in [-0.2, 0) is 4.74 Å². The third kappa shape index (κ3) is 9.42. The number of methoxy groups -OCH3 is 1. The molecule has 0 spiro atoms. The standard InChI is InChI=1S/C23H40ClN5O.HI/c1-5-29(6-2)22(20-9-7-8-10-21(20)24)18-27-23(25-3)26-17-19-11-13-28(14-12-19)15-16-30-4;/h7-10,19,22H,5-6,11-18H2,1-4H3,(H2,25,26,27);1H. The van der Waals surface area contributed by atoms with Crippen molar-refractivity contribution < 1.29 is 4.74 Å². The van der Waals surface area contributed by atoms with Gasteiger partial charge in [0.1, 0.15) is 0 Å². The van der Waals surface area contributed by atoms with Gasteiger partial charge in [-0.25, -0.2) is 0 Å². The summed E-state index contributed by atoms with van der Waals surface area (Å²) in [6, 6.07) is 8.35. The van der Waals surface area contributed by atoms with Crippen LogP contribution in [0.5, 0.6) is 0 Å². The van der Waals surface area contributed by atoms with Crippen molar-refractivity contribution in [2.75, 3.05) is 66.6 Å². The van der Waals surface area contributed by atoms with Crippen LogP contribution in [-0.4, -0.2) is 82.3 Å². The highest BCUT2D eigenvalue weighted by Crippen LogP contribution is 2.27. The normalized spacial score (nSPS) is 16.8. The first kappa shape index (κ1) is 28.4. The number of ether oxygens (including phenoxy) is 1. The fraction of sp³-hybridized carbons (Fsp3) is 0.696. The molecule has 0 radical (unpaired) electrons. The van der Waals surface area contributed by atoms with Crippen LogP contribution in [0.1, 0.15) is 38.3 Å². The van der Waals surface area contributed by atoms with E-state index in [4.69, 9.17) is 16.3 Å². The minimum atomic E-state index is 0. The van der Waals surface area contributed by atoms with Gasteiger partial charge in [-0.3, -0.25) is 9.89 Å². The van der Waals surface area contributed by atoms with E-state index >= 15 is 0 Å². The second-order valence-corrected chi connectivity index (χ2v) is 8.28. The highest BCUT2D eigenvalue weighted by atomic mass is 127. The molecule has 0 bridgehead atoms. The molecule has 0 aromatic heterocycles. The molecule has 1 aliphatic heterocycles. The molecule has 1 fully saturated rings. The molecule has 1 saturated heterocycles. The van der Waals surface area contributed by atoms with Crippen molar-refractivity contribution in [1.29, 1.82) is 0 Å². The first-order chi connectivity index (χ1) is 14.6. The smallest absolute Gasteiger partial charge is 0.191 e. The van der Waals surface area contributed by atoms with E-state index in [2.05, 4.69) is 51.4 Å². The Morgan fingerprint density at radius 3 is 2.48 bits per heavy atom. The third-order valence-corrected chi connectivity index (χ3v) is 6.42. The van der Waals surface area contributed by atoms with Gasteiger partial charge in [0.05, 0.1) is 12.6 Å². The average molecular weight is 566 g/mol. The van der Waals surface area contributed by atoms with Gasteiger partial charge in [0.15, 0.2) is 5.96 Å². The van der Waals surface area contributed by atoms with E-state index in [0.29, 0.717) is 5.92 Å². The number of likely N-dealkylation sites (tertiary alicyclic amines) is 1. The molecule has 2 rings (SSSR count). The molecule has 2 N–H and O–H groups in total. The minimum absolute atomic E-state index is 0. The van der Waals surface area contributed by atoms with Crippen LogP contribution in [0, 0.1) is 5.92 Å². The Morgan fingerprint density at radius 2 is 1.90 bits per heavy atom. The number of hydrogen-bond acceptors (Lipinski definition) is 4. The summed E-state index contributed by atoms with van der Waals surface area (Å²) in [5, 5.41) is 7.89. The summed E-state index contributed by atoms with van der Waals surface area (Å²) in [6.45, 7) is 12.2. The Kier molecular flexibility index (Phi) is 14.7. The molecule has 1 unspecified atom stereocenters. The number of likely N-dealkylation sites (N-methyl/N-ethyl adjacent to an activating group) is 1. The van der Waals surface area contributed by atoms with Crippen LogP contribution in [0.25, 0.3) is 0 Å². The highest BCUT2D eigenvalue weighted by molar-refractivity contribution is 14.0. The molecular weight excluding hydrogens is 525 g/mol. The van der Waals surface area contributed by atoms with Crippen molar-refractivity contribution in [2.45, 2.75) is 32.7 Å². The Labute approximate surface area is 211 Å². The van der Waals surface area contributed by atoms with E-state index in [-0.39, 0.29) is 30.0 Å². The second kappa shape index (κ2) is 16.1. The topological polar surface area (TPSA) is 52.1 Å². The third-order valence-electron chi connectivity index (χ3n) is 6.08. The van der Waals surface area contributed by atoms with Gasteiger partial charge in [-0.15, -0.1) is 24.0 Å². The van der Waals surface area contributed by atoms with E-state index in [0.717, 1.165) is 69.0 Å². The maximum atomic E-state index is 6.52. The van der Waals surface area contributed by atoms with Crippen molar-refractivity contribution in [3.05, 3.63) is 34.9 Å². The van der Waals surface area contributed by atoms with E-state index in [1.165, 1.54) is 12.8 Å². The molecule has 8 heteroatoms. The molecule has 1 atom stereocenters. The summed E-state index contributed by atoms with van der Waals surface area (Å²) in [5.74, 6) is 1.55. The fourth-order valence-electron chi connectivity index (χ4n) is 4.13. The number of nitrogens with zero attached hydrogens (tertiary/aromatic N) is 3. The van der Waals surface area contributed by atoms with Crippen molar-refractivity contribution in [2.24, 2.45) is 10.9 Å². The lowest BCUT2D eigenvalue weighted by Gasteiger charge is -2.33. The summed E-state index contributed by atoms with van der Waals surface area (Å²) < 4.78 is 5.19. The molecule has 0 amide bonds. The first-order valence-corrected chi connectivity index (χ1v) is 11.6. The quantitative estimate of drug-likeness (QED) is 0.242. The highest BCUT2D eigenvalue weighted by Gasteiger charge is 2.22. The van der Waals surface area contributed by atoms with Gasteiger partial charge in [0.2, 0.25) is 0 Å². The number of rotatable bonds is 11. The van der Waals surface area contributed by atoms with Crippen LogP contribution in [0.15, 0.2) is 29.3 Å². The van der Waals surface area contributed by atoms with Crippen molar-refractivity contribution in [3.63, 3.8) is 0 Å². The predicted molar refractivity (Wildman–Crippen MR) is 143 cm³/mol. The van der Waals surface area contributed by atoms with Gasteiger partial charge < -0.3 is 20.3 Å². The Hall–Kier alpha value is -0.610. The second-order valence-electron chi connectivity index (χ2n) is 7.87. The van der Waals surface area contributed by atoms with Crippen molar-refractivity contribution in [1.82, 2.24) is 20.4 Å². The summed E-state index contributed by atoms with van der Waals surface area (Å²) in [7, 11) is 3.61. The molecular formula is C23H41ClIN5O. The van der Waals surface area contributed by atoms with E-state index in [1.807, 2.05) is 19.2 Å². The number of halogens is 2. The van der Waals surface area contributed by atoms with Crippen molar-refractivity contribution in [3.8, 4) is 0 Å². The van der Waals surface area contributed by atoms with E-state index in [9.17, 15) is 0 Å². The van der Waals surface area contributed by atoms with Gasteiger partial charge in [-0.05, 0) is 56.6 Å². The summed E-state index contributed by atoms with van der Waals surface area (Å²) in [4.78, 5) is 9.36. The summed E-state index contributed by atoms with van der Waals surface area (Å²) >= 11 is 6.52. The number of guanidine groups is 1.